The molecule has 3 aromatic rings. The first kappa shape index (κ1) is 16.5. The first-order valence-corrected chi connectivity index (χ1v) is 8.60. The number of benzene rings is 2. The van der Waals surface area contributed by atoms with E-state index in [1.165, 1.54) is 11.8 Å². The van der Waals surface area contributed by atoms with E-state index in [9.17, 15) is 4.79 Å². The van der Waals surface area contributed by atoms with E-state index in [0.717, 1.165) is 5.56 Å². The molecule has 1 aromatic heterocycles. The molecular formula is C17H14ClN3O2S. The van der Waals surface area contributed by atoms with E-state index >= 15 is 0 Å². The van der Waals surface area contributed by atoms with Crippen molar-refractivity contribution in [3.8, 4) is 0 Å². The third-order valence-electron chi connectivity index (χ3n) is 3.12. The van der Waals surface area contributed by atoms with Crippen molar-refractivity contribution in [1.82, 2.24) is 10.2 Å². The summed E-state index contributed by atoms with van der Waals surface area (Å²) in [5.74, 6) is 0.504. The van der Waals surface area contributed by atoms with E-state index < -0.39 is 0 Å². The fourth-order valence-electron chi connectivity index (χ4n) is 2.01. The highest BCUT2D eigenvalue weighted by Crippen LogP contribution is 2.22. The minimum Gasteiger partial charge on any atom is -0.416 e. The van der Waals surface area contributed by atoms with Crippen molar-refractivity contribution in [2.24, 2.45) is 0 Å². The number of anilines is 1. The van der Waals surface area contributed by atoms with Crippen LogP contribution in [0.5, 0.6) is 0 Å². The third-order valence-corrected chi connectivity index (χ3v) is 4.27. The number of carbonyl (C=O) groups is 1. The minimum atomic E-state index is -0.184. The molecule has 0 aliphatic heterocycles. The summed E-state index contributed by atoms with van der Waals surface area (Å²) in [6.07, 6.45) is 0.570. The molecule has 1 heterocycles. The lowest BCUT2D eigenvalue weighted by Gasteiger charge is -2.05. The van der Waals surface area contributed by atoms with Gasteiger partial charge in [0.1, 0.15) is 0 Å². The molecule has 0 bridgehead atoms. The largest absolute Gasteiger partial charge is 0.416 e. The molecule has 2 aromatic carbocycles. The highest BCUT2D eigenvalue weighted by Gasteiger charge is 2.11. The lowest BCUT2D eigenvalue weighted by Crippen LogP contribution is -2.14. The molecule has 5 nitrogen and oxygen atoms in total. The highest BCUT2D eigenvalue weighted by atomic mass is 35.5. The van der Waals surface area contributed by atoms with Crippen molar-refractivity contribution in [3.05, 3.63) is 71.1 Å². The van der Waals surface area contributed by atoms with Crippen molar-refractivity contribution in [2.75, 3.05) is 11.1 Å². The summed E-state index contributed by atoms with van der Waals surface area (Å²) in [5, 5.41) is 11.6. The average Bonchev–Trinajstić information content (AvgIpc) is 3.03. The van der Waals surface area contributed by atoms with Crippen LogP contribution in [0.4, 0.5) is 5.69 Å². The van der Waals surface area contributed by atoms with Crippen LogP contribution in [0.3, 0.4) is 0 Å². The quantitative estimate of drug-likeness (QED) is 0.672. The summed E-state index contributed by atoms with van der Waals surface area (Å²) in [6, 6.07) is 16.9. The third kappa shape index (κ3) is 4.59. The highest BCUT2D eigenvalue weighted by molar-refractivity contribution is 7.99. The number of rotatable bonds is 6. The van der Waals surface area contributed by atoms with Gasteiger partial charge in [-0.15, -0.1) is 10.2 Å². The number of nitrogens with one attached hydrogen (secondary N) is 1. The number of hydrogen-bond acceptors (Lipinski definition) is 5. The van der Waals surface area contributed by atoms with E-state index in [4.69, 9.17) is 16.0 Å². The van der Waals surface area contributed by atoms with Gasteiger partial charge in [0, 0.05) is 0 Å². The van der Waals surface area contributed by atoms with Crippen LogP contribution in [-0.4, -0.2) is 21.9 Å². The Labute approximate surface area is 148 Å². The van der Waals surface area contributed by atoms with Gasteiger partial charge in [0.2, 0.25) is 11.8 Å². The Morgan fingerprint density at radius 1 is 1.08 bits per heavy atom. The van der Waals surface area contributed by atoms with Crippen molar-refractivity contribution >= 4 is 35.0 Å². The van der Waals surface area contributed by atoms with Gasteiger partial charge in [-0.3, -0.25) is 4.79 Å². The zero-order valence-electron chi connectivity index (χ0n) is 12.6. The van der Waals surface area contributed by atoms with Crippen LogP contribution in [0.2, 0.25) is 5.02 Å². The first-order chi connectivity index (χ1) is 11.7. The van der Waals surface area contributed by atoms with Crippen molar-refractivity contribution < 1.29 is 9.21 Å². The van der Waals surface area contributed by atoms with E-state index in [1.807, 2.05) is 36.4 Å². The second-order valence-corrected chi connectivity index (χ2v) is 6.27. The summed E-state index contributed by atoms with van der Waals surface area (Å²) in [5.41, 5.74) is 1.68. The molecule has 1 amide bonds. The molecule has 0 spiro atoms. The molecule has 0 unspecified atom stereocenters. The number of amides is 1. The Balaban J connectivity index is 1.52. The minimum absolute atomic E-state index is 0.165. The summed E-state index contributed by atoms with van der Waals surface area (Å²) in [7, 11) is 0. The number of aromatic nitrogens is 2. The molecule has 0 saturated carbocycles. The Hall–Kier alpha value is -2.31. The van der Waals surface area contributed by atoms with Gasteiger partial charge in [-0.05, 0) is 17.7 Å². The van der Waals surface area contributed by atoms with E-state index in [0.29, 0.717) is 28.2 Å². The van der Waals surface area contributed by atoms with Crippen LogP contribution in [0.15, 0.2) is 64.2 Å². The van der Waals surface area contributed by atoms with E-state index in [2.05, 4.69) is 15.5 Å². The van der Waals surface area contributed by atoms with Crippen molar-refractivity contribution in [2.45, 2.75) is 11.6 Å². The van der Waals surface area contributed by atoms with Crippen LogP contribution in [0, 0.1) is 0 Å². The van der Waals surface area contributed by atoms with Gasteiger partial charge in [0.25, 0.3) is 5.22 Å². The topological polar surface area (TPSA) is 68.0 Å². The van der Waals surface area contributed by atoms with Gasteiger partial charge in [-0.1, -0.05) is 65.8 Å². The maximum Gasteiger partial charge on any atom is 0.277 e. The second kappa shape index (κ2) is 7.99. The summed E-state index contributed by atoms with van der Waals surface area (Å²) >= 11 is 7.19. The Morgan fingerprint density at radius 3 is 2.62 bits per heavy atom. The molecule has 0 aliphatic rings. The molecule has 0 atom stereocenters. The number of thioether (sulfide) groups is 1. The van der Waals surface area contributed by atoms with Crippen LogP contribution in [-0.2, 0) is 11.2 Å². The predicted molar refractivity (Wildman–Crippen MR) is 94.4 cm³/mol. The molecule has 7 heteroatoms. The monoisotopic (exact) mass is 359 g/mol. The summed E-state index contributed by atoms with van der Waals surface area (Å²) < 4.78 is 5.55. The SMILES string of the molecule is O=C(CSc1nnc(Cc2ccccc2)o1)Nc1ccccc1Cl. The predicted octanol–water partition coefficient (Wildman–Crippen LogP) is 4.04. The Kier molecular flexibility index (Phi) is 5.51. The smallest absolute Gasteiger partial charge is 0.277 e. The number of halogens is 1. The number of hydrogen-bond donors (Lipinski definition) is 1. The molecule has 0 fully saturated rings. The normalized spacial score (nSPS) is 10.5. The van der Waals surface area contributed by atoms with E-state index in [1.54, 1.807) is 18.2 Å². The summed E-state index contributed by atoms with van der Waals surface area (Å²) in [4.78, 5) is 12.0. The molecule has 0 radical (unpaired) electrons. The van der Waals surface area contributed by atoms with Crippen molar-refractivity contribution in [1.29, 1.82) is 0 Å². The molecule has 3 rings (SSSR count). The first-order valence-electron chi connectivity index (χ1n) is 7.24. The maximum absolute atomic E-state index is 12.0. The molecular weight excluding hydrogens is 346 g/mol. The zero-order chi connectivity index (χ0) is 16.8. The average molecular weight is 360 g/mol. The number of nitrogens with zero attached hydrogens (tertiary/aromatic N) is 2. The second-order valence-electron chi connectivity index (χ2n) is 4.94. The van der Waals surface area contributed by atoms with Gasteiger partial charge >= 0.3 is 0 Å². The van der Waals surface area contributed by atoms with Gasteiger partial charge < -0.3 is 9.73 Å². The fourth-order valence-corrected chi connectivity index (χ4v) is 2.78. The molecule has 24 heavy (non-hydrogen) atoms. The molecule has 0 aliphatic carbocycles. The molecule has 122 valence electrons. The van der Waals surface area contributed by atoms with Crippen LogP contribution >= 0.6 is 23.4 Å². The number of carbonyl (C=O) groups excluding carboxylic acids is 1. The van der Waals surface area contributed by atoms with Gasteiger partial charge in [0.05, 0.1) is 22.9 Å². The standard InChI is InChI=1S/C17H14ClN3O2S/c18-13-8-4-5-9-14(13)19-15(22)11-24-17-21-20-16(23-17)10-12-6-2-1-3-7-12/h1-9H,10-11H2,(H,19,22). The number of para-hydroxylation sites is 1. The summed E-state index contributed by atoms with van der Waals surface area (Å²) in [6.45, 7) is 0. The van der Waals surface area contributed by atoms with Gasteiger partial charge in [-0.2, -0.15) is 0 Å². The van der Waals surface area contributed by atoms with Crippen LogP contribution < -0.4 is 5.32 Å². The van der Waals surface area contributed by atoms with E-state index in [-0.39, 0.29) is 11.7 Å². The lowest BCUT2D eigenvalue weighted by molar-refractivity contribution is -0.113. The van der Waals surface area contributed by atoms with Crippen LogP contribution in [0.25, 0.3) is 0 Å². The van der Waals surface area contributed by atoms with Crippen LogP contribution in [0.1, 0.15) is 11.5 Å². The fraction of sp³-hybridized carbons (Fsp3) is 0.118. The molecule has 1 N–H and O–H groups in total. The van der Waals surface area contributed by atoms with Gasteiger partial charge in [-0.25, -0.2) is 0 Å². The Morgan fingerprint density at radius 2 is 1.83 bits per heavy atom. The lowest BCUT2D eigenvalue weighted by atomic mass is 10.2. The zero-order valence-corrected chi connectivity index (χ0v) is 14.2. The Bertz CT molecular complexity index is 823. The molecule has 0 saturated heterocycles. The van der Waals surface area contributed by atoms with Crippen molar-refractivity contribution in [3.63, 3.8) is 0 Å². The maximum atomic E-state index is 12.0. The van der Waals surface area contributed by atoms with Gasteiger partial charge in [0.15, 0.2) is 0 Å².